The zero-order valence-electron chi connectivity index (χ0n) is 17.6. The average Bonchev–Trinajstić information content (AvgIpc) is 3.59. The number of rotatable bonds is 5. The molecule has 2 amide bonds. The molecule has 2 aromatic rings. The monoisotopic (exact) mass is 456 g/mol. The topological polar surface area (TPSA) is 129 Å². The van der Waals surface area contributed by atoms with Crippen LogP contribution in [-0.2, 0) is 29.0 Å². The second-order valence-electron chi connectivity index (χ2n) is 8.35. The molecule has 5 heterocycles. The summed E-state index contributed by atoms with van der Waals surface area (Å²) in [4.78, 5) is 34.3. The molecule has 0 saturated carbocycles. The number of hydrogen-bond acceptors (Lipinski definition) is 9. The van der Waals surface area contributed by atoms with E-state index in [2.05, 4.69) is 26.8 Å². The van der Waals surface area contributed by atoms with Gasteiger partial charge in [-0.05, 0) is 19.3 Å². The Labute approximate surface area is 188 Å². The predicted molar refractivity (Wildman–Crippen MR) is 113 cm³/mol. The molecule has 5 rings (SSSR count). The number of nitriles is 1. The normalized spacial score (nSPS) is 22.6. The summed E-state index contributed by atoms with van der Waals surface area (Å²) in [5.41, 5.74) is 1.24. The van der Waals surface area contributed by atoms with E-state index in [1.54, 1.807) is 20.7 Å². The second-order valence-corrected chi connectivity index (χ2v) is 9.43. The largest absolute Gasteiger partial charge is 0.376 e. The lowest BCUT2D eigenvalue weighted by molar-refractivity contribution is -0.119. The van der Waals surface area contributed by atoms with Crippen LogP contribution in [-0.4, -0.2) is 73.9 Å². The van der Waals surface area contributed by atoms with Crippen molar-refractivity contribution in [1.29, 1.82) is 5.26 Å². The zero-order chi connectivity index (χ0) is 22.1. The van der Waals surface area contributed by atoms with E-state index in [0.29, 0.717) is 56.4 Å². The lowest BCUT2D eigenvalue weighted by atomic mass is 10.1. The Morgan fingerprint density at radius 3 is 3.03 bits per heavy atom. The third-order valence-electron chi connectivity index (χ3n) is 6.12. The van der Waals surface area contributed by atoms with Crippen LogP contribution in [0.2, 0.25) is 0 Å². The van der Waals surface area contributed by atoms with Gasteiger partial charge in [-0.3, -0.25) is 9.59 Å². The number of amides is 2. The number of aromatic nitrogens is 4. The summed E-state index contributed by atoms with van der Waals surface area (Å²) in [6.07, 6.45) is 7.25. The van der Waals surface area contributed by atoms with Crippen LogP contribution < -0.4 is 5.32 Å². The van der Waals surface area contributed by atoms with Crippen LogP contribution in [0.25, 0.3) is 0 Å². The van der Waals surface area contributed by atoms with Crippen molar-refractivity contribution in [2.24, 2.45) is 5.92 Å². The highest BCUT2D eigenvalue weighted by Crippen LogP contribution is 2.30. The summed E-state index contributed by atoms with van der Waals surface area (Å²) in [7, 11) is 0. The van der Waals surface area contributed by atoms with E-state index in [4.69, 9.17) is 10.00 Å². The van der Waals surface area contributed by atoms with E-state index in [1.165, 1.54) is 11.3 Å². The minimum atomic E-state index is -0.203. The van der Waals surface area contributed by atoms with Crippen molar-refractivity contribution in [2.45, 2.75) is 44.9 Å². The van der Waals surface area contributed by atoms with Crippen molar-refractivity contribution < 1.29 is 14.3 Å². The van der Waals surface area contributed by atoms with E-state index in [1.807, 2.05) is 0 Å². The van der Waals surface area contributed by atoms with Crippen molar-refractivity contribution in [2.75, 3.05) is 31.6 Å². The number of fused-ring (bicyclic) bond motifs is 1. The lowest BCUT2D eigenvalue weighted by Gasteiger charge is -2.25. The van der Waals surface area contributed by atoms with Crippen LogP contribution in [0.1, 0.15) is 40.3 Å². The first-order chi connectivity index (χ1) is 15.6. The summed E-state index contributed by atoms with van der Waals surface area (Å²) >= 11 is 1.40. The Morgan fingerprint density at radius 1 is 1.34 bits per heavy atom. The number of ether oxygens (including phenoxy) is 1. The zero-order valence-corrected chi connectivity index (χ0v) is 18.4. The van der Waals surface area contributed by atoms with E-state index >= 15 is 0 Å². The summed E-state index contributed by atoms with van der Waals surface area (Å²) in [5.74, 6) is -0.466. The molecule has 1 unspecified atom stereocenters. The molecule has 2 aromatic heterocycles. The molecule has 2 atom stereocenters. The highest BCUT2D eigenvalue weighted by Gasteiger charge is 2.30. The van der Waals surface area contributed by atoms with Crippen molar-refractivity contribution in [1.82, 2.24) is 29.8 Å². The number of nitrogens with zero attached hydrogens (tertiary/aromatic N) is 7. The third-order valence-corrected chi connectivity index (χ3v) is 7.12. The number of carbonyl (C=O) groups is 2. The molecule has 0 spiro atoms. The standard InChI is InChI=1S/C20H24N8O3S/c21-12-26-5-3-13(8-26)18(29)23-20-22-15-4-6-27(11-17(15)32-20)19(30)16-10-28(25-24-16)9-14-2-1-7-31-14/h10,13-14H,1-9,11H2,(H,22,23,29)/t13-,14?/m0/s1. The molecular formula is C20H24N8O3S. The predicted octanol–water partition coefficient (Wildman–Crippen LogP) is 0.854. The van der Waals surface area contributed by atoms with E-state index in [-0.39, 0.29) is 23.8 Å². The maximum Gasteiger partial charge on any atom is 0.276 e. The maximum absolute atomic E-state index is 12.9. The van der Waals surface area contributed by atoms with Crippen LogP contribution in [0.4, 0.5) is 5.13 Å². The SMILES string of the molecule is N#CN1CC[C@H](C(=O)Nc2nc3c(s2)CN(C(=O)c2cn(CC4CCCO4)nn2)CC3)C1. The van der Waals surface area contributed by atoms with Gasteiger partial charge >= 0.3 is 0 Å². The molecule has 2 saturated heterocycles. The Kier molecular flexibility index (Phi) is 5.75. The molecular weight excluding hydrogens is 432 g/mol. The summed E-state index contributed by atoms with van der Waals surface area (Å²) in [6, 6.07) is 0. The van der Waals surface area contributed by atoms with E-state index < -0.39 is 0 Å². The van der Waals surface area contributed by atoms with Crippen LogP contribution in [0.15, 0.2) is 6.20 Å². The summed E-state index contributed by atoms with van der Waals surface area (Å²) < 4.78 is 7.30. The van der Waals surface area contributed by atoms with Gasteiger partial charge in [0.2, 0.25) is 5.91 Å². The molecule has 0 bridgehead atoms. The van der Waals surface area contributed by atoms with Gasteiger partial charge < -0.3 is 19.9 Å². The Balaban J connectivity index is 1.19. The molecule has 168 valence electrons. The molecule has 0 radical (unpaired) electrons. The molecule has 3 aliphatic heterocycles. The van der Waals surface area contributed by atoms with Gasteiger partial charge in [-0.15, -0.1) is 5.10 Å². The first-order valence-corrected chi connectivity index (χ1v) is 11.7. The molecule has 0 aromatic carbocycles. The van der Waals surface area contributed by atoms with Crippen LogP contribution in [0.3, 0.4) is 0 Å². The van der Waals surface area contributed by atoms with Gasteiger partial charge in [-0.25, -0.2) is 9.67 Å². The Hall–Kier alpha value is -3.04. The molecule has 0 aliphatic carbocycles. The first-order valence-electron chi connectivity index (χ1n) is 10.8. The van der Waals surface area contributed by atoms with Gasteiger partial charge in [0, 0.05) is 37.5 Å². The molecule has 3 aliphatic rings. The fourth-order valence-corrected chi connectivity index (χ4v) is 5.37. The Morgan fingerprint density at radius 2 is 2.25 bits per heavy atom. The molecule has 32 heavy (non-hydrogen) atoms. The van der Waals surface area contributed by atoms with Crippen molar-refractivity contribution in [3.8, 4) is 6.19 Å². The van der Waals surface area contributed by atoms with Crippen LogP contribution in [0, 0.1) is 17.4 Å². The Bertz CT molecular complexity index is 1050. The van der Waals surface area contributed by atoms with Crippen LogP contribution >= 0.6 is 11.3 Å². The van der Waals surface area contributed by atoms with E-state index in [9.17, 15) is 9.59 Å². The number of thiazole rings is 1. The minimum Gasteiger partial charge on any atom is -0.376 e. The number of carbonyl (C=O) groups excluding carboxylic acids is 2. The van der Waals surface area contributed by atoms with Crippen molar-refractivity contribution >= 4 is 28.3 Å². The van der Waals surface area contributed by atoms with Gasteiger partial charge in [0.15, 0.2) is 17.0 Å². The fourth-order valence-electron chi connectivity index (χ4n) is 4.34. The molecule has 11 nitrogen and oxygen atoms in total. The van der Waals surface area contributed by atoms with Gasteiger partial charge in [0.25, 0.3) is 5.91 Å². The number of hydrogen-bond donors (Lipinski definition) is 1. The molecule has 12 heteroatoms. The number of likely N-dealkylation sites (tertiary alicyclic amines) is 1. The van der Waals surface area contributed by atoms with Gasteiger partial charge in [-0.2, -0.15) is 5.26 Å². The molecule has 2 fully saturated rings. The van der Waals surface area contributed by atoms with E-state index in [0.717, 1.165) is 30.0 Å². The minimum absolute atomic E-state index is 0.107. The fraction of sp³-hybridized carbons (Fsp3) is 0.600. The highest BCUT2D eigenvalue weighted by atomic mass is 32.1. The smallest absolute Gasteiger partial charge is 0.276 e. The van der Waals surface area contributed by atoms with Gasteiger partial charge in [0.05, 0.1) is 37.0 Å². The third kappa shape index (κ3) is 4.31. The van der Waals surface area contributed by atoms with Crippen molar-refractivity contribution in [3.63, 3.8) is 0 Å². The number of anilines is 1. The van der Waals surface area contributed by atoms with Gasteiger partial charge in [0.1, 0.15) is 0 Å². The highest BCUT2D eigenvalue weighted by molar-refractivity contribution is 7.15. The lowest BCUT2D eigenvalue weighted by Crippen LogP contribution is -2.35. The number of nitrogens with one attached hydrogen (secondary N) is 1. The second kappa shape index (κ2) is 8.84. The first kappa shape index (κ1) is 20.8. The van der Waals surface area contributed by atoms with Crippen LogP contribution in [0.5, 0.6) is 0 Å². The quantitative estimate of drug-likeness (QED) is 0.656. The molecule has 1 N–H and O–H groups in total. The van der Waals surface area contributed by atoms with Gasteiger partial charge in [-0.1, -0.05) is 16.6 Å². The maximum atomic E-state index is 12.9. The van der Waals surface area contributed by atoms with Crippen molar-refractivity contribution in [3.05, 3.63) is 22.5 Å². The summed E-state index contributed by atoms with van der Waals surface area (Å²) in [5, 5.41) is 20.6. The average molecular weight is 457 g/mol. The summed E-state index contributed by atoms with van der Waals surface area (Å²) in [6.45, 7) is 3.42.